The lowest BCUT2D eigenvalue weighted by atomic mass is 10.1. The number of esters is 1. The molecular formula is C21H19F3N2O3. The number of H-pyrrole nitrogens is 1. The Labute approximate surface area is 164 Å². The highest BCUT2D eigenvalue weighted by molar-refractivity contribution is 5.92. The van der Waals surface area contributed by atoms with Crippen molar-refractivity contribution >= 4 is 28.5 Å². The number of hydrogen-bond donors (Lipinski definition) is 2. The molecule has 3 aromatic rings. The van der Waals surface area contributed by atoms with E-state index < -0.39 is 30.2 Å². The molecule has 0 fully saturated rings. The quantitative estimate of drug-likeness (QED) is 0.561. The predicted molar refractivity (Wildman–Crippen MR) is 102 cm³/mol. The molecule has 2 N–H and O–H groups in total. The van der Waals surface area contributed by atoms with Crippen LogP contribution in [0.3, 0.4) is 0 Å². The van der Waals surface area contributed by atoms with Crippen LogP contribution in [0.4, 0.5) is 18.9 Å². The Hall–Kier alpha value is -3.29. The van der Waals surface area contributed by atoms with E-state index in [4.69, 9.17) is 4.74 Å². The molecule has 1 heterocycles. The lowest BCUT2D eigenvalue weighted by molar-refractivity contribution is -0.147. The molecule has 0 radical (unpaired) electrons. The summed E-state index contributed by atoms with van der Waals surface area (Å²) in [5.74, 6) is -1.12. The maximum absolute atomic E-state index is 12.5. The number of anilines is 1. The van der Waals surface area contributed by atoms with Crippen LogP contribution < -0.4 is 5.32 Å². The van der Waals surface area contributed by atoms with Gasteiger partial charge in [-0.25, -0.2) is 0 Å². The third kappa shape index (κ3) is 5.60. The van der Waals surface area contributed by atoms with Crippen molar-refractivity contribution in [1.29, 1.82) is 0 Å². The molecule has 0 atom stereocenters. The number of ether oxygens (including phenoxy) is 1. The Morgan fingerprint density at radius 1 is 1.03 bits per heavy atom. The largest absolute Gasteiger partial charge is 0.456 e. The number of carbonyl (C=O) groups is 2. The summed E-state index contributed by atoms with van der Waals surface area (Å²) in [6.45, 7) is -0.493. The molecule has 0 bridgehead atoms. The first-order valence-corrected chi connectivity index (χ1v) is 9.00. The van der Waals surface area contributed by atoms with Crippen LogP contribution >= 0.6 is 0 Å². The Kier molecular flexibility index (Phi) is 6.21. The Balaban J connectivity index is 1.39. The van der Waals surface area contributed by atoms with Crippen LogP contribution in [-0.4, -0.2) is 23.5 Å². The van der Waals surface area contributed by atoms with Gasteiger partial charge >= 0.3 is 12.1 Å². The minimum Gasteiger partial charge on any atom is -0.456 e. The number of aromatic amines is 1. The Morgan fingerprint density at radius 3 is 2.48 bits per heavy atom. The van der Waals surface area contributed by atoms with E-state index in [-0.39, 0.29) is 12.1 Å². The van der Waals surface area contributed by atoms with Crippen molar-refractivity contribution in [2.75, 3.05) is 11.9 Å². The molecule has 5 nitrogen and oxygen atoms in total. The number of aryl methyl sites for hydroxylation is 1. The highest BCUT2D eigenvalue weighted by Crippen LogP contribution is 2.29. The summed E-state index contributed by atoms with van der Waals surface area (Å²) in [7, 11) is 0. The number of aromatic nitrogens is 1. The van der Waals surface area contributed by atoms with Crippen molar-refractivity contribution < 1.29 is 27.5 Å². The SMILES string of the molecule is O=C(COC(=O)CCCc1c[nH]c2ccccc12)Nc1ccc(C(F)(F)F)cc1. The van der Waals surface area contributed by atoms with Crippen molar-refractivity contribution in [2.24, 2.45) is 0 Å². The number of amides is 1. The van der Waals surface area contributed by atoms with E-state index in [9.17, 15) is 22.8 Å². The predicted octanol–water partition coefficient (Wildman–Crippen LogP) is 4.69. The summed E-state index contributed by atoms with van der Waals surface area (Å²) in [6.07, 6.45) is -1.11. The van der Waals surface area contributed by atoms with Crippen molar-refractivity contribution in [1.82, 2.24) is 4.98 Å². The van der Waals surface area contributed by atoms with Gasteiger partial charge in [-0.3, -0.25) is 9.59 Å². The van der Waals surface area contributed by atoms with E-state index in [0.717, 1.165) is 40.7 Å². The molecule has 0 saturated heterocycles. The van der Waals surface area contributed by atoms with E-state index in [0.29, 0.717) is 12.8 Å². The fourth-order valence-corrected chi connectivity index (χ4v) is 2.92. The zero-order valence-electron chi connectivity index (χ0n) is 15.4. The van der Waals surface area contributed by atoms with Crippen LogP contribution in [0.5, 0.6) is 0 Å². The molecule has 2 aromatic carbocycles. The number of halogens is 3. The fraction of sp³-hybridized carbons (Fsp3) is 0.238. The standard InChI is InChI=1S/C21H19F3N2O3/c22-21(23,24)15-8-10-16(11-9-15)26-19(27)13-29-20(28)7-3-4-14-12-25-18-6-2-1-5-17(14)18/h1-2,5-6,8-12,25H,3-4,7,13H2,(H,26,27). The van der Waals surface area contributed by atoms with E-state index in [1.54, 1.807) is 0 Å². The summed E-state index contributed by atoms with van der Waals surface area (Å²) in [5.41, 5.74) is 1.52. The maximum atomic E-state index is 12.5. The van der Waals surface area contributed by atoms with Gasteiger partial charge in [-0.1, -0.05) is 18.2 Å². The summed E-state index contributed by atoms with van der Waals surface area (Å²) >= 11 is 0. The summed E-state index contributed by atoms with van der Waals surface area (Å²) < 4.78 is 42.5. The van der Waals surface area contributed by atoms with Crippen LogP contribution in [0, 0.1) is 0 Å². The van der Waals surface area contributed by atoms with Crippen LogP contribution in [0.15, 0.2) is 54.7 Å². The van der Waals surface area contributed by atoms with Crippen molar-refractivity contribution in [3.63, 3.8) is 0 Å². The molecule has 0 unspecified atom stereocenters. The molecule has 1 amide bonds. The Bertz CT molecular complexity index is 994. The van der Waals surface area contributed by atoms with Gasteiger partial charge in [0.1, 0.15) is 0 Å². The van der Waals surface area contributed by atoms with E-state index in [1.807, 2.05) is 30.5 Å². The molecular weight excluding hydrogens is 385 g/mol. The van der Waals surface area contributed by atoms with Gasteiger partial charge in [0.15, 0.2) is 6.61 Å². The smallest absolute Gasteiger partial charge is 0.416 e. The topological polar surface area (TPSA) is 71.2 Å². The van der Waals surface area contributed by atoms with Gasteiger partial charge in [0, 0.05) is 29.2 Å². The van der Waals surface area contributed by atoms with Crippen molar-refractivity contribution in [3.05, 3.63) is 65.9 Å². The lowest BCUT2D eigenvalue weighted by Crippen LogP contribution is -2.21. The van der Waals surface area contributed by atoms with Gasteiger partial charge in [-0.05, 0) is 48.7 Å². The van der Waals surface area contributed by atoms with Gasteiger partial charge in [-0.15, -0.1) is 0 Å². The van der Waals surface area contributed by atoms with Gasteiger partial charge in [0.05, 0.1) is 5.56 Å². The van der Waals surface area contributed by atoms with Gasteiger partial charge < -0.3 is 15.0 Å². The number of nitrogens with one attached hydrogen (secondary N) is 2. The average molecular weight is 404 g/mol. The van der Waals surface area contributed by atoms with Crippen LogP contribution in [-0.2, 0) is 26.9 Å². The summed E-state index contributed by atoms with van der Waals surface area (Å²) in [4.78, 5) is 26.8. The molecule has 152 valence electrons. The van der Waals surface area contributed by atoms with Crippen molar-refractivity contribution in [3.8, 4) is 0 Å². The number of alkyl halides is 3. The number of rotatable bonds is 7. The Morgan fingerprint density at radius 2 is 1.76 bits per heavy atom. The molecule has 1 aromatic heterocycles. The minimum atomic E-state index is -4.44. The number of hydrogen-bond acceptors (Lipinski definition) is 3. The molecule has 0 aliphatic heterocycles. The fourth-order valence-electron chi connectivity index (χ4n) is 2.92. The highest BCUT2D eigenvalue weighted by atomic mass is 19.4. The van der Waals surface area contributed by atoms with E-state index >= 15 is 0 Å². The van der Waals surface area contributed by atoms with Gasteiger partial charge in [-0.2, -0.15) is 13.2 Å². The molecule has 3 rings (SSSR count). The average Bonchev–Trinajstić information content (AvgIpc) is 3.09. The second-order valence-corrected chi connectivity index (χ2v) is 6.50. The van der Waals surface area contributed by atoms with Gasteiger partial charge in [0.2, 0.25) is 0 Å². The van der Waals surface area contributed by atoms with E-state index in [1.165, 1.54) is 0 Å². The minimum absolute atomic E-state index is 0.160. The summed E-state index contributed by atoms with van der Waals surface area (Å²) in [5, 5.41) is 3.50. The zero-order chi connectivity index (χ0) is 20.9. The van der Waals surface area contributed by atoms with Crippen LogP contribution in [0.1, 0.15) is 24.0 Å². The number of para-hydroxylation sites is 1. The maximum Gasteiger partial charge on any atom is 0.416 e. The number of fused-ring (bicyclic) bond motifs is 1. The first-order chi connectivity index (χ1) is 13.8. The molecule has 8 heteroatoms. The molecule has 29 heavy (non-hydrogen) atoms. The molecule has 0 aliphatic carbocycles. The first kappa shape index (κ1) is 20.4. The molecule has 0 aliphatic rings. The van der Waals surface area contributed by atoms with Gasteiger partial charge in [0.25, 0.3) is 5.91 Å². The number of carbonyl (C=O) groups excluding carboxylic acids is 2. The third-order valence-corrected chi connectivity index (χ3v) is 4.36. The monoisotopic (exact) mass is 404 g/mol. The lowest BCUT2D eigenvalue weighted by Gasteiger charge is -2.09. The van der Waals surface area contributed by atoms with E-state index in [2.05, 4.69) is 10.3 Å². The summed E-state index contributed by atoms with van der Waals surface area (Å²) in [6, 6.07) is 11.9. The first-order valence-electron chi connectivity index (χ1n) is 9.00. The van der Waals surface area contributed by atoms with Crippen LogP contribution in [0.25, 0.3) is 10.9 Å². The van der Waals surface area contributed by atoms with Crippen LogP contribution in [0.2, 0.25) is 0 Å². The zero-order valence-corrected chi connectivity index (χ0v) is 15.4. The normalized spacial score (nSPS) is 11.4. The van der Waals surface area contributed by atoms with Crippen molar-refractivity contribution in [2.45, 2.75) is 25.4 Å². The highest BCUT2D eigenvalue weighted by Gasteiger charge is 2.30. The second kappa shape index (κ2) is 8.81. The number of benzene rings is 2. The molecule has 0 saturated carbocycles. The molecule has 0 spiro atoms. The second-order valence-electron chi connectivity index (χ2n) is 6.50. The third-order valence-electron chi connectivity index (χ3n) is 4.36.